The van der Waals surface area contributed by atoms with Crippen LogP contribution >= 0.6 is 11.6 Å². The molecular formula is C38H47Cl2F8N6O4-. The van der Waals surface area contributed by atoms with E-state index in [0.717, 1.165) is 58.2 Å². The highest BCUT2D eigenvalue weighted by Crippen LogP contribution is 2.36. The Labute approximate surface area is 342 Å². The highest BCUT2D eigenvalue weighted by atomic mass is 35.5. The lowest BCUT2D eigenvalue weighted by Gasteiger charge is -2.26. The van der Waals surface area contributed by atoms with Crippen LogP contribution in [-0.2, 0) is 37.7 Å². The number of aromatic nitrogens is 4. The van der Waals surface area contributed by atoms with Crippen LogP contribution < -0.4 is 23.5 Å². The van der Waals surface area contributed by atoms with Gasteiger partial charge in [-0.1, -0.05) is 88.8 Å². The van der Waals surface area contributed by atoms with Crippen LogP contribution in [0.2, 0.25) is 0 Å². The first-order valence-corrected chi connectivity index (χ1v) is 18.2. The number of hydrogen-bond acceptors (Lipinski definition) is 7. The standard InChI is InChI=1S/C19H23F4N3O2.C13H21NO.C6H3ClF4N2O.ClH/c1-4-5-8-11-18(2,28)12-9-6-7-10-13(12)24-17(27)14-15(19(21,22)23)25-26(3)16(14)20;1-3-4-7-10-13(2,15)11-8-5-6-9-12(11)14;1-13-5(8)2(4(7)14)3(12-13)6(9,10)11;/h6-7,9-10,28H,4-5,8,11H2,1-3H3,(H,24,27);5-6,8-9,15H,3-4,7,10,14H2,1-2H3;1H3;1H/p-1. The fourth-order valence-corrected chi connectivity index (χ4v) is 5.89. The minimum Gasteiger partial charge on any atom is -1.00 e. The Balaban J connectivity index is 0.000000474. The van der Waals surface area contributed by atoms with Crippen LogP contribution in [0.1, 0.15) is 122 Å². The van der Waals surface area contributed by atoms with E-state index in [-0.39, 0.29) is 18.1 Å². The summed E-state index contributed by atoms with van der Waals surface area (Å²) in [5, 5.41) is 27.8. The highest BCUT2D eigenvalue weighted by molar-refractivity contribution is 6.67. The van der Waals surface area contributed by atoms with Gasteiger partial charge in [-0.05, 0) is 50.4 Å². The van der Waals surface area contributed by atoms with Gasteiger partial charge in [0.2, 0.25) is 11.9 Å². The topological polar surface area (TPSA) is 148 Å². The second kappa shape index (κ2) is 21.7. The molecule has 5 N–H and O–H groups in total. The number of benzene rings is 2. The Hall–Kier alpha value is -4.26. The number of nitrogens with zero attached hydrogens (tertiary/aromatic N) is 4. The summed E-state index contributed by atoms with van der Waals surface area (Å²) in [4.78, 5) is 23.0. The molecule has 0 radical (unpaired) electrons. The van der Waals surface area contributed by atoms with Crippen LogP contribution in [0.25, 0.3) is 0 Å². The molecule has 0 saturated carbocycles. The number of amides is 1. The van der Waals surface area contributed by atoms with Crippen molar-refractivity contribution in [2.24, 2.45) is 14.1 Å². The maximum atomic E-state index is 14.1. The number of aryl methyl sites for hydroxylation is 2. The predicted molar refractivity (Wildman–Crippen MR) is 199 cm³/mol. The minimum atomic E-state index is -4.99. The monoisotopic (exact) mass is 873 g/mol. The summed E-state index contributed by atoms with van der Waals surface area (Å²) in [6.45, 7) is 7.59. The number of nitrogen functional groups attached to an aromatic ring is 1. The van der Waals surface area contributed by atoms with E-state index in [1.165, 1.54) is 12.5 Å². The number of aliphatic hydroxyl groups is 2. The maximum absolute atomic E-state index is 14.1. The van der Waals surface area contributed by atoms with Gasteiger partial charge in [-0.25, -0.2) is 9.36 Å². The van der Waals surface area contributed by atoms with E-state index in [4.69, 9.17) is 17.3 Å². The number of halogens is 10. The maximum Gasteiger partial charge on any atom is 0.436 e. The fraction of sp³-hybridized carbons (Fsp3) is 0.474. The van der Waals surface area contributed by atoms with Crippen molar-refractivity contribution in [1.29, 1.82) is 0 Å². The van der Waals surface area contributed by atoms with Crippen molar-refractivity contribution >= 4 is 34.1 Å². The molecular weight excluding hydrogens is 827 g/mol. The van der Waals surface area contributed by atoms with Crippen molar-refractivity contribution in [3.63, 3.8) is 0 Å². The molecule has 4 rings (SSSR count). The molecule has 20 heteroatoms. The predicted octanol–water partition coefficient (Wildman–Crippen LogP) is 6.64. The third-order valence-electron chi connectivity index (χ3n) is 8.75. The van der Waals surface area contributed by atoms with Gasteiger partial charge in [-0.15, -0.1) is 0 Å². The molecule has 0 spiro atoms. The van der Waals surface area contributed by atoms with Crippen LogP contribution in [0.4, 0.5) is 46.5 Å². The largest absolute Gasteiger partial charge is 1.00 e. The first-order chi connectivity index (χ1) is 26.3. The van der Waals surface area contributed by atoms with Crippen LogP contribution in [0.3, 0.4) is 0 Å². The summed E-state index contributed by atoms with van der Waals surface area (Å²) >= 11 is 4.80. The molecule has 10 nitrogen and oxygen atoms in total. The Morgan fingerprint density at radius 3 is 1.53 bits per heavy atom. The number of carbonyl (C=O) groups excluding carboxylic acids is 2. The van der Waals surface area contributed by atoms with Crippen molar-refractivity contribution in [1.82, 2.24) is 19.6 Å². The molecule has 0 fully saturated rings. The van der Waals surface area contributed by atoms with Crippen molar-refractivity contribution in [3.8, 4) is 0 Å². The van der Waals surface area contributed by atoms with E-state index < -0.39 is 69.1 Å². The van der Waals surface area contributed by atoms with Crippen molar-refractivity contribution in [3.05, 3.63) is 94.1 Å². The van der Waals surface area contributed by atoms with Gasteiger partial charge < -0.3 is 33.7 Å². The minimum absolute atomic E-state index is 0. The SMILES string of the molecule is CCCCCC(C)(O)c1ccccc1N.CCCCCC(C)(O)c1ccccc1NC(=O)c1c(C(F)(F)F)nn(C)c1F.Cn1nc(C(F)(F)F)c(C(=O)Cl)c1F.[Cl-]. The molecule has 0 aliphatic carbocycles. The van der Waals surface area contributed by atoms with Gasteiger partial charge in [0.15, 0.2) is 11.4 Å². The first-order valence-electron chi connectivity index (χ1n) is 17.8. The van der Waals surface area contributed by atoms with Gasteiger partial charge in [0.05, 0.1) is 11.2 Å². The highest BCUT2D eigenvalue weighted by Gasteiger charge is 2.43. The molecule has 2 aromatic carbocycles. The number of para-hydroxylation sites is 2. The zero-order valence-corrected chi connectivity index (χ0v) is 34.1. The van der Waals surface area contributed by atoms with E-state index in [9.17, 15) is 54.9 Å². The van der Waals surface area contributed by atoms with E-state index in [2.05, 4.69) is 22.4 Å². The zero-order chi connectivity index (χ0) is 43.5. The fourth-order valence-electron chi connectivity index (χ4n) is 5.72. The van der Waals surface area contributed by atoms with Gasteiger partial charge >= 0.3 is 12.4 Å². The molecule has 2 atom stereocenters. The number of carbonyl (C=O) groups is 2. The quantitative estimate of drug-likeness (QED) is 0.0510. The Kier molecular flexibility index (Phi) is 19.3. The number of unbranched alkanes of at least 4 members (excludes halogenated alkanes) is 4. The molecule has 0 aliphatic heterocycles. The smallest absolute Gasteiger partial charge is 0.436 e. The molecule has 2 heterocycles. The number of nitrogens with two attached hydrogens (primary N) is 1. The van der Waals surface area contributed by atoms with Crippen LogP contribution in [-0.4, -0.2) is 40.9 Å². The van der Waals surface area contributed by atoms with Crippen molar-refractivity contribution in [2.45, 2.75) is 103 Å². The molecule has 58 heavy (non-hydrogen) atoms. The second-order valence-electron chi connectivity index (χ2n) is 13.6. The third-order valence-corrected chi connectivity index (χ3v) is 8.93. The number of alkyl halides is 6. The molecule has 2 aromatic heterocycles. The lowest BCUT2D eigenvalue weighted by Crippen LogP contribution is -3.00. The first kappa shape index (κ1) is 51.8. The number of rotatable bonds is 13. The third kappa shape index (κ3) is 13.9. The van der Waals surface area contributed by atoms with E-state index >= 15 is 0 Å². The molecule has 4 aromatic rings. The zero-order valence-electron chi connectivity index (χ0n) is 32.6. The summed E-state index contributed by atoms with van der Waals surface area (Å²) in [6.07, 6.45) is -2.75. The van der Waals surface area contributed by atoms with Gasteiger partial charge in [0.25, 0.3) is 11.1 Å². The summed E-state index contributed by atoms with van der Waals surface area (Å²) in [5.41, 5.74) is 0.0958. The average Bonchev–Trinajstić information content (AvgIpc) is 3.60. The van der Waals surface area contributed by atoms with Gasteiger partial charge in [0, 0.05) is 36.6 Å². The van der Waals surface area contributed by atoms with E-state index in [0.29, 0.717) is 27.0 Å². The lowest BCUT2D eigenvalue weighted by molar-refractivity contribution is -0.142. The van der Waals surface area contributed by atoms with Crippen molar-refractivity contribution < 1.29 is 67.3 Å². The lowest BCUT2D eigenvalue weighted by atomic mass is 9.89. The normalized spacial score (nSPS) is 13.5. The molecule has 2 unspecified atom stereocenters. The van der Waals surface area contributed by atoms with Crippen molar-refractivity contribution in [2.75, 3.05) is 11.1 Å². The van der Waals surface area contributed by atoms with Crippen LogP contribution in [0, 0.1) is 11.9 Å². The number of hydrogen-bond donors (Lipinski definition) is 4. The Morgan fingerprint density at radius 1 is 0.724 bits per heavy atom. The van der Waals surface area contributed by atoms with Gasteiger partial charge in [0.1, 0.15) is 11.1 Å². The van der Waals surface area contributed by atoms with Gasteiger partial charge in [-0.3, -0.25) is 9.59 Å². The van der Waals surface area contributed by atoms with E-state index in [1.807, 2.05) is 38.1 Å². The average molecular weight is 875 g/mol. The summed E-state index contributed by atoms with van der Waals surface area (Å²) < 4.78 is 104. The molecule has 0 saturated heterocycles. The molecule has 324 valence electrons. The second-order valence-corrected chi connectivity index (χ2v) is 13.9. The van der Waals surface area contributed by atoms with Gasteiger partial charge in [-0.2, -0.15) is 45.3 Å². The van der Waals surface area contributed by atoms with E-state index in [1.54, 1.807) is 25.1 Å². The van der Waals surface area contributed by atoms with Crippen LogP contribution in [0.5, 0.6) is 0 Å². The Morgan fingerprint density at radius 2 is 1.12 bits per heavy atom. The number of anilines is 2. The molecule has 1 amide bonds. The molecule has 0 bridgehead atoms. The Bertz CT molecular complexity index is 1960. The summed E-state index contributed by atoms with van der Waals surface area (Å²) in [5.74, 6) is -4.08. The summed E-state index contributed by atoms with van der Waals surface area (Å²) in [7, 11) is 1.92. The summed E-state index contributed by atoms with van der Waals surface area (Å²) in [6, 6.07) is 13.8. The van der Waals surface area contributed by atoms with Crippen LogP contribution in [0.15, 0.2) is 48.5 Å². The number of nitrogens with one attached hydrogen (secondary N) is 1. The molecule has 0 aliphatic rings.